The molecule has 26 heavy (non-hydrogen) atoms. The molecule has 0 spiro atoms. The van der Waals surface area contributed by atoms with Gasteiger partial charge < -0.3 is 15.1 Å². The molecule has 1 aromatic heterocycles. The highest BCUT2D eigenvalue weighted by Gasteiger charge is 2.20. The normalized spacial score (nSPS) is 17.4. The molecule has 0 saturated carbocycles. The molecule has 1 amide bonds. The Morgan fingerprint density at radius 1 is 0.808 bits per heavy atom. The van der Waals surface area contributed by atoms with E-state index in [0.29, 0.717) is 11.5 Å². The highest BCUT2D eigenvalue weighted by Crippen LogP contribution is 2.23. The number of likely N-dealkylation sites (tertiary alicyclic amines) is 1. The Balaban J connectivity index is 1.38. The lowest BCUT2D eigenvalue weighted by Crippen LogP contribution is -2.29. The van der Waals surface area contributed by atoms with E-state index in [-0.39, 0.29) is 5.91 Å². The predicted octanol–water partition coefficient (Wildman–Crippen LogP) is 3.45. The second kappa shape index (κ2) is 7.72. The van der Waals surface area contributed by atoms with Crippen molar-refractivity contribution in [2.45, 2.75) is 32.1 Å². The first-order valence-corrected chi connectivity index (χ1v) is 9.55. The summed E-state index contributed by atoms with van der Waals surface area (Å²) in [4.78, 5) is 16.6. The molecule has 0 aliphatic carbocycles. The van der Waals surface area contributed by atoms with Gasteiger partial charge in [0.05, 0.1) is 0 Å². The summed E-state index contributed by atoms with van der Waals surface area (Å²) >= 11 is 0. The van der Waals surface area contributed by atoms with Gasteiger partial charge in [0.25, 0.3) is 5.91 Å². The van der Waals surface area contributed by atoms with Gasteiger partial charge in [-0.05, 0) is 68.5 Å². The van der Waals surface area contributed by atoms with Crippen molar-refractivity contribution in [3.63, 3.8) is 0 Å². The number of rotatable bonds is 4. The van der Waals surface area contributed by atoms with Gasteiger partial charge in [-0.3, -0.25) is 4.79 Å². The standard InChI is InChI=1S/C20H25N5O/c26-20(25-14-4-5-15-25)18-10-11-19(23-22-18)21-16-6-8-17(9-7-16)24-12-2-1-3-13-24/h6-11H,1-5,12-15H2,(H,21,23). The minimum Gasteiger partial charge on any atom is -0.372 e. The minimum atomic E-state index is -0.0209. The van der Waals surface area contributed by atoms with Crippen LogP contribution in [0.15, 0.2) is 36.4 Å². The van der Waals surface area contributed by atoms with Gasteiger partial charge >= 0.3 is 0 Å². The molecule has 0 unspecified atom stereocenters. The lowest BCUT2D eigenvalue weighted by atomic mass is 10.1. The minimum absolute atomic E-state index is 0.0209. The van der Waals surface area contributed by atoms with E-state index in [1.165, 1.54) is 24.9 Å². The average molecular weight is 351 g/mol. The Hall–Kier alpha value is -2.63. The first-order chi connectivity index (χ1) is 12.8. The van der Waals surface area contributed by atoms with Crippen LogP contribution in [0.25, 0.3) is 0 Å². The fourth-order valence-electron chi connectivity index (χ4n) is 3.65. The van der Waals surface area contributed by atoms with Crippen LogP contribution in [0.1, 0.15) is 42.6 Å². The monoisotopic (exact) mass is 351 g/mol. The van der Waals surface area contributed by atoms with Crippen LogP contribution in [0.3, 0.4) is 0 Å². The van der Waals surface area contributed by atoms with Crippen LogP contribution in [0.4, 0.5) is 17.2 Å². The molecular weight excluding hydrogens is 326 g/mol. The first kappa shape index (κ1) is 16.8. The molecule has 2 aromatic rings. The van der Waals surface area contributed by atoms with Crippen molar-refractivity contribution in [1.29, 1.82) is 0 Å². The third-order valence-electron chi connectivity index (χ3n) is 5.14. The Labute approximate surface area is 154 Å². The van der Waals surface area contributed by atoms with Crippen molar-refractivity contribution in [2.24, 2.45) is 0 Å². The molecule has 0 atom stereocenters. The third kappa shape index (κ3) is 3.79. The van der Waals surface area contributed by atoms with Gasteiger partial charge in [0.15, 0.2) is 11.5 Å². The highest BCUT2D eigenvalue weighted by atomic mass is 16.2. The van der Waals surface area contributed by atoms with Gasteiger partial charge in [0.2, 0.25) is 0 Å². The maximum absolute atomic E-state index is 12.3. The Morgan fingerprint density at radius 3 is 2.15 bits per heavy atom. The molecule has 4 rings (SSSR count). The molecule has 2 fully saturated rings. The second-order valence-electron chi connectivity index (χ2n) is 7.02. The largest absolute Gasteiger partial charge is 0.372 e. The van der Waals surface area contributed by atoms with E-state index in [1.54, 1.807) is 6.07 Å². The summed E-state index contributed by atoms with van der Waals surface area (Å²) in [6.45, 7) is 3.93. The Bertz CT molecular complexity index is 732. The van der Waals surface area contributed by atoms with Crippen LogP contribution in [-0.2, 0) is 0 Å². The highest BCUT2D eigenvalue weighted by molar-refractivity contribution is 5.92. The van der Waals surface area contributed by atoms with Gasteiger partial charge in [0, 0.05) is 37.6 Å². The number of nitrogens with one attached hydrogen (secondary N) is 1. The van der Waals surface area contributed by atoms with Crippen molar-refractivity contribution < 1.29 is 4.79 Å². The molecule has 2 aliphatic heterocycles. The Morgan fingerprint density at radius 2 is 1.50 bits per heavy atom. The van der Waals surface area contributed by atoms with E-state index in [0.717, 1.165) is 44.7 Å². The number of anilines is 3. The molecule has 3 heterocycles. The summed E-state index contributed by atoms with van der Waals surface area (Å²) in [6, 6.07) is 12.0. The van der Waals surface area contributed by atoms with Crippen molar-refractivity contribution in [3.8, 4) is 0 Å². The number of nitrogens with zero attached hydrogens (tertiary/aromatic N) is 4. The molecule has 1 aromatic carbocycles. The maximum atomic E-state index is 12.3. The molecule has 6 nitrogen and oxygen atoms in total. The van der Waals surface area contributed by atoms with Crippen LogP contribution >= 0.6 is 0 Å². The van der Waals surface area contributed by atoms with E-state index in [2.05, 4.69) is 44.7 Å². The number of hydrogen-bond acceptors (Lipinski definition) is 5. The van der Waals surface area contributed by atoms with Crippen molar-refractivity contribution in [2.75, 3.05) is 36.4 Å². The molecule has 2 aliphatic rings. The summed E-state index contributed by atoms with van der Waals surface area (Å²) in [5, 5.41) is 11.5. The van der Waals surface area contributed by atoms with E-state index in [4.69, 9.17) is 0 Å². The zero-order valence-electron chi connectivity index (χ0n) is 15.0. The number of benzene rings is 1. The van der Waals surface area contributed by atoms with Gasteiger partial charge in [-0.1, -0.05) is 0 Å². The average Bonchev–Trinajstić information content (AvgIpc) is 3.24. The zero-order valence-corrected chi connectivity index (χ0v) is 15.0. The van der Waals surface area contributed by atoms with Gasteiger partial charge in [-0.25, -0.2) is 0 Å². The zero-order chi connectivity index (χ0) is 17.8. The number of carbonyl (C=O) groups excluding carboxylic acids is 1. The number of piperidine rings is 1. The van der Waals surface area contributed by atoms with Crippen LogP contribution < -0.4 is 10.2 Å². The van der Waals surface area contributed by atoms with Gasteiger partial charge in [0.1, 0.15) is 0 Å². The smallest absolute Gasteiger partial charge is 0.274 e. The Kier molecular flexibility index (Phi) is 5.00. The molecule has 2 saturated heterocycles. The fraction of sp³-hybridized carbons (Fsp3) is 0.450. The lowest BCUT2D eigenvalue weighted by molar-refractivity contribution is 0.0786. The number of hydrogen-bond donors (Lipinski definition) is 1. The maximum Gasteiger partial charge on any atom is 0.274 e. The lowest BCUT2D eigenvalue weighted by Gasteiger charge is -2.28. The second-order valence-corrected chi connectivity index (χ2v) is 7.02. The van der Waals surface area contributed by atoms with Crippen molar-refractivity contribution >= 4 is 23.1 Å². The third-order valence-corrected chi connectivity index (χ3v) is 5.14. The van der Waals surface area contributed by atoms with Crippen LogP contribution in [0, 0.1) is 0 Å². The van der Waals surface area contributed by atoms with Crippen LogP contribution in [-0.4, -0.2) is 47.2 Å². The van der Waals surface area contributed by atoms with Gasteiger partial charge in [-0.15, -0.1) is 10.2 Å². The molecule has 0 radical (unpaired) electrons. The molecule has 0 bridgehead atoms. The molecule has 1 N–H and O–H groups in total. The van der Waals surface area contributed by atoms with E-state index >= 15 is 0 Å². The first-order valence-electron chi connectivity index (χ1n) is 9.55. The molecule has 6 heteroatoms. The van der Waals surface area contributed by atoms with Crippen LogP contribution in [0.5, 0.6) is 0 Å². The summed E-state index contributed by atoms with van der Waals surface area (Å²) in [6.07, 6.45) is 6.04. The number of carbonyl (C=O) groups is 1. The van der Waals surface area contributed by atoms with E-state index in [9.17, 15) is 4.79 Å². The van der Waals surface area contributed by atoms with E-state index in [1.807, 2.05) is 11.0 Å². The van der Waals surface area contributed by atoms with Crippen molar-refractivity contribution in [1.82, 2.24) is 15.1 Å². The summed E-state index contributed by atoms with van der Waals surface area (Å²) < 4.78 is 0. The summed E-state index contributed by atoms with van der Waals surface area (Å²) in [7, 11) is 0. The molecule has 136 valence electrons. The summed E-state index contributed by atoms with van der Waals surface area (Å²) in [5.41, 5.74) is 2.66. The van der Waals surface area contributed by atoms with Crippen LogP contribution in [0.2, 0.25) is 0 Å². The topological polar surface area (TPSA) is 61.4 Å². The predicted molar refractivity (Wildman–Crippen MR) is 103 cm³/mol. The summed E-state index contributed by atoms with van der Waals surface area (Å²) in [5.74, 6) is 0.626. The van der Waals surface area contributed by atoms with Crippen molar-refractivity contribution in [3.05, 3.63) is 42.1 Å². The fourth-order valence-corrected chi connectivity index (χ4v) is 3.65. The SMILES string of the molecule is O=C(c1ccc(Nc2ccc(N3CCCCC3)cc2)nn1)N1CCCC1. The van der Waals surface area contributed by atoms with E-state index < -0.39 is 0 Å². The molecular formula is C20H25N5O. The quantitative estimate of drug-likeness (QED) is 0.914. The van der Waals surface area contributed by atoms with Gasteiger partial charge in [-0.2, -0.15) is 0 Å². The number of amides is 1. The number of aromatic nitrogens is 2.